The van der Waals surface area contributed by atoms with Gasteiger partial charge in [0.25, 0.3) is 0 Å². The van der Waals surface area contributed by atoms with Gasteiger partial charge in [0.15, 0.2) is 11.5 Å². The van der Waals surface area contributed by atoms with Gasteiger partial charge in [-0.05, 0) is 44.1 Å². The fourth-order valence-electron chi connectivity index (χ4n) is 2.54. The van der Waals surface area contributed by atoms with Crippen LogP contribution < -0.4 is 5.73 Å². The maximum Gasteiger partial charge on any atom is 0.239 e. The number of benzene rings is 1. The Bertz CT molecular complexity index is 507. The van der Waals surface area contributed by atoms with Gasteiger partial charge in [0.05, 0.1) is 6.04 Å². The molecule has 0 aromatic heterocycles. The van der Waals surface area contributed by atoms with E-state index in [9.17, 15) is 15.0 Å². The van der Waals surface area contributed by atoms with Crippen LogP contribution in [0, 0.1) is 0 Å². The van der Waals surface area contributed by atoms with Gasteiger partial charge in [-0.15, -0.1) is 0 Å². The first kappa shape index (κ1) is 15.6. The van der Waals surface area contributed by atoms with Crippen molar-refractivity contribution in [2.75, 3.05) is 33.2 Å². The molecule has 1 aliphatic rings. The van der Waals surface area contributed by atoms with Crippen molar-refractivity contribution in [1.82, 2.24) is 9.80 Å². The Labute approximate surface area is 124 Å². The van der Waals surface area contributed by atoms with Gasteiger partial charge in [-0.1, -0.05) is 6.07 Å². The topological polar surface area (TPSA) is 90.0 Å². The van der Waals surface area contributed by atoms with Crippen LogP contribution in [0.25, 0.3) is 0 Å². The molecule has 2 rings (SSSR count). The second-order valence-electron chi connectivity index (χ2n) is 5.62. The summed E-state index contributed by atoms with van der Waals surface area (Å²) in [5.41, 5.74) is 6.74. The Morgan fingerprint density at radius 1 is 1.24 bits per heavy atom. The fraction of sp³-hybridized carbons (Fsp3) is 0.533. The monoisotopic (exact) mass is 293 g/mol. The summed E-state index contributed by atoms with van der Waals surface area (Å²) in [7, 11) is 2.05. The van der Waals surface area contributed by atoms with Gasteiger partial charge in [-0.25, -0.2) is 0 Å². The zero-order valence-corrected chi connectivity index (χ0v) is 12.3. The number of aromatic hydroxyl groups is 2. The van der Waals surface area contributed by atoms with Crippen molar-refractivity contribution in [3.63, 3.8) is 0 Å². The van der Waals surface area contributed by atoms with Crippen LogP contribution in [0.3, 0.4) is 0 Å². The minimum atomic E-state index is -0.627. The summed E-state index contributed by atoms with van der Waals surface area (Å²) in [5, 5.41) is 18.8. The lowest BCUT2D eigenvalue weighted by atomic mass is 10.0. The van der Waals surface area contributed by atoms with Crippen molar-refractivity contribution >= 4 is 5.91 Å². The van der Waals surface area contributed by atoms with Crippen LogP contribution in [0.1, 0.15) is 12.0 Å². The Balaban J connectivity index is 1.96. The summed E-state index contributed by atoms with van der Waals surface area (Å²) >= 11 is 0. The highest BCUT2D eigenvalue weighted by atomic mass is 16.3. The van der Waals surface area contributed by atoms with E-state index in [4.69, 9.17) is 5.73 Å². The molecule has 0 radical (unpaired) electrons. The molecule has 0 saturated carbocycles. The van der Waals surface area contributed by atoms with E-state index < -0.39 is 6.04 Å². The molecule has 1 fully saturated rings. The second-order valence-corrected chi connectivity index (χ2v) is 5.62. The first-order chi connectivity index (χ1) is 9.97. The third-order valence-corrected chi connectivity index (χ3v) is 3.84. The molecule has 1 aromatic carbocycles. The summed E-state index contributed by atoms with van der Waals surface area (Å²) in [5.74, 6) is -0.421. The zero-order valence-electron chi connectivity index (χ0n) is 12.3. The molecular formula is C15H23N3O3. The van der Waals surface area contributed by atoms with Crippen molar-refractivity contribution in [1.29, 1.82) is 0 Å². The summed E-state index contributed by atoms with van der Waals surface area (Å²) in [6.07, 6.45) is 1.30. The largest absolute Gasteiger partial charge is 0.504 e. The van der Waals surface area contributed by atoms with Gasteiger partial charge in [-0.2, -0.15) is 0 Å². The van der Waals surface area contributed by atoms with Gasteiger partial charge in [0, 0.05) is 19.6 Å². The SMILES string of the molecule is CN1CCCN(C(=O)[C@@H](N)Cc2ccc(O)c(O)c2)CC1. The number of carbonyl (C=O) groups is 1. The van der Waals surface area contributed by atoms with Crippen LogP contribution in [0.5, 0.6) is 11.5 Å². The molecular weight excluding hydrogens is 270 g/mol. The van der Waals surface area contributed by atoms with Gasteiger partial charge in [0.2, 0.25) is 5.91 Å². The number of rotatable bonds is 3. The maximum absolute atomic E-state index is 12.4. The molecule has 0 spiro atoms. The number of hydrogen-bond donors (Lipinski definition) is 3. The van der Waals surface area contributed by atoms with Crippen molar-refractivity contribution in [2.45, 2.75) is 18.9 Å². The highest BCUT2D eigenvalue weighted by molar-refractivity contribution is 5.82. The smallest absolute Gasteiger partial charge is 0.239 e. The first-order valence-electron chi connectivity index (χ1n) is 7.21. The molecule has 1 saturated heterocycles. The molecule has 116 valence electrons. The second kappa shape index (κ2) is 6.78. The van der Waals surface area contributed by atoms with E-state index in [1.54, 1.807) is 6.07 Å². The number of likely N-dealkylation sites (N-methyl/N-ethyl adjacent to an activating group) is 1. The van der Waals surface area contributed by atoms with Crippen LogP contribution in [0.15, 0.2) is 18.2 Å². The van der Waals surface area contributed by atoms with Crippen molar-refractivity contribution in [3.05, 3.63) is 23.8 Å². The molecule has 1 aromatic rings. The predicted molar refractivity (Wildman–Crippen MR) is 80.1 cm³/mol. The number of carbonyl (C=O) groups excluding carboxylic acids is 1. The molecule has 1 amide bonds. The average Bonchev–Trinajstić information content (AvgIpc) is 2.67. The summed E-state index contributed by atoms with van der Waals surface area (Å²) in [6, 6.07) is 3.89. The maximum atomic E-state index is 12.4. The average molecular weight is 293 g/mol. The molecule has 6 heteroatoms. The Morgan fingerprint density at radius 2 is 2.00 bits per heavy atom. The van der Waals surface area contributed by atoms with Crippen molar-refractivity contribution in [2.24, 2.45) is 5.73 Å². The van der Waals surface area contributed by atoms with Gasteiger partial charge in [-0.3, -0.25) is 4.79 Å². The molecule has 1 aliphatic heterocycles. The quantitative estimate of drug-likeness (QED) is 0.689. The molecule has 0 unspecified atom stereocenters. The molecule has 4 N–H and O–H groups in total. The number of nitrogens with zero attached hydrogens (tertiary/aromatic N) is 2. The van der Waals surface area contributed by atoms with Crippen LogP contribution >= 0.6 is 0 Å². The van der Waals surface area contributed by atoms with E-state index in [0.29, 0.717) is 13.0 Å². The van der Waals surface area contributed by atoms with E-state index in [1.807, 2.05) is 11.9 Å². The Hall–Kier alpha value is -1.79. The fourth-order valence-corrected chi connectivity index (χ4v) is 2.54. The first-order valence-corrected chi connectivity index (χ1v) is 7.21. The number of phenols is 2. The highest BCUT2D eigenvalue weighted by Crippen LogP contribution is 2.25. The normalized spacial score (nSPS) is 18.3. The Morgan fingerprint density at radius 3 is 2.71 bits per heavy atom. The van der Waals surface area contributed by atoms with E-state index >= 15 is 0 Å². The van der Waals surface area contributed by atoms with E-state index in [0.717, 1.165) is 31.6 Å². The molecule has 1 heterocycles. The van der Waals surface area contributed by atoms with Crippen LogP contribution in [0.2, 0.25) is 0 Å². The van der Waals surface area contributed by atoms with Crippen molar-refractivity contribution in [3.8, 4) is 11.5 Å². The summed E-state index contributed by atoms with van der Waals surface area (Å²) in [4.78, 5) is 16.4. The number of amides is 1. The predicted octanol–water partition coefficient (Wildman–Crippen LogP) is 0.132. The number of hydrogen-bond acceptors (Lipinski definition) is 5. The summed E-state index contributed by atoms with van der Waals surface area (Å²) in [6.45, 7) is 3.28. The standard InChI is InChI=1S/C15H23N3O3/c1-17-5-2-6-18(8-7-17)15(21)12(16)9-11-3-4-13(19)14(20)10-11/h3-4,10,12,19-20H,2,5-9,16H2,1H3/t12-/m0/s1. The van der Waals surface area contributed by atoms with E-state index in [2.05, 4.69) is 4.90 Å². The lowest BCUT2D eigenvalue weighted by molar-refractivity contribution is -0.132. The molecule has 1 atom stereocenters. The Kier molecular flexibility index (Phi) is 5.03. The van der Waals surface area contributed by atoms with Crippen LogP contribution in [-0.4, -0.2) is 65.2 Å². The molecule has 6 nitrogen and oxygen atoms in total. The van der Waals surface area contributed by atoms with Gasteiger partial charge >= 0.3 is 0 Å². The zero-order chi connectivity index (χ0) is 15.4. The van der Waals surface area contributed by atoms with E-state index in [1.165, 1.54) is 12.1 Å². The lowest BCUT2D eigenvalue weighted by Gasteiger charge is -2.24. The number of nitrogens with two attached hydrogens (primary N) is 1. The van der Waals surface area contributed by atoms with E-state index in [-0.39, 0.29) is 17.4 Å². The summed E-state index contributed by atoms with van der Waals surface area (Å²) < 4.78 is 0. The highest BCUT2D eigenvalue weighted by Gasteiger charge is 2.23. The third kappa shape index (κ3) is 4.09. The third-order valence-electron chi connectivity index (χ3n) is 3.84. The molecule has 0 aliphatic carbocycles. The van der Waals surface area contributed by atoms with Crippen LogP contribution in [-0.2, 0) is 11.2 Å². The lowest BCUT2D eigenvalue weighted by Crippen LogP contribution is -2.46. The van der Waals surface area contributed by atoms with Gasteiger partial charge in [0.1, 0.15) is 0 Å². The molecule has 21 heavy (non-hydrogen) atoms. The molecule has 0 bridgehead atoms. The minimum Gasteiger partial charge on any atom is -0.504 e. The van der Waals surface area contributed by atoms with Gasteiger partial charge < -0.3 is 25.7 Å². The number of phenolic OH excluding ortho intramolecular Hbond substituents is 2. The minimum absolute atomic E-state index is 0.0575. The van der Waals surface area contributed by atoms with Crippen LogP contribution in [0.4, 0.5) is 0 Å². The van der Waals surface area contributed by atoms with Crippen molar-refractivity contribution < 1.29 is 15.0 Å².